The third-order valence-corrected chi connectivity index (χ3v) is 4.93. The fourth-order valence-electron chi connectivity index (χ4n) is 2.87. The molecule has 0 bridgehead atoms. The first-order chi connectivity index (χ1) is 14.4. The first-order valence-electron chi connectivity index (χ1n) is 8.89. The van der Waals surface area contributed by atoms with Gasteiger partial charge in [-0.15, -0.1) is 0 Å². The van der Waals surface area contributed by atoms with Crippen LogP contribution in [0.25, 0.3) is 10.4 Å². The van der Waals surface area contributed by atoms with Crippen molar-refractivity contribution < 1.29 is 24.8 Å². The van der Waals surface area contributed by atoms with Gasteiger partial charge < -0.3 is 30.1 Å². The van der Waals surface area contributed by atoms with Gasteiger partial charge in [-0.2, -0.15) is 4.98 Å². The maximum atomic E-state index is 12.5. The van der Waals surface area contributed by atoms with Crippen molar-refractivity contribution in [1.29, 1.82) is 0 Å². The van der Waals surface area contributed by atoms with Crippen LogP contribution in [-0.2, 0) is 4.74 Å². The van der Waals surface area contributed by atoms with Gasteiger partial charge in [0.25, 0.3) is 0 Å². The minimum absolute atomic E-state index is 0.0942. The van der Waals surface area contributed by atoms with E-state index in [0.717, 1.165) is 0 Å². The molecule has 0 spiro atoms. The number of benzene rings is 1. The number of azide groups is 1. The third-order valence-electron chi connectivity index (χ3n) is 4.35. The largest absolute Gasteiger partial charge is 0.506 e. The zero-order valence-corrected chi connectivity index (χ0v) is 17.1. The molecule has 0 unspecified atom stereocenters. The second kappa shape index (κ2) is 9.78. The van der Waals surface area contributed by atoms with Crippen LogP contribution in [0.4, 0.5) is 11.5 Å². The van der Waals surface area contributed by atoms with Gasteiger partial charge in [0.15, 0.2) is 5.82 Å². The highest BCUT2D eigenvalue weighted by Gasteiger charge is 2.35. The number of aromatic hydroxyl groups is 1. The minimum Gasteiger partial charge on any atom is -0.506 e. The number of phenolic OH excluding ortho intramolecular Hbond substituents is 1. The Kier molecular flexibility index (Phi) is 7.13. The van der Waals surface area contributed by atoms with Crippen LogP contribution in [0.2, 0.25) is 0 Å². The van der Waals surface area contributed by atoms with Crippen LogP contribution >= 0.6 is 15.9 Å². The first kappa shape index (κ1) is 21.9. The highest BCUT2D eigenvalue weighted by molar-refractivity contribution is 9.10. The standard InChI is InChI=1S/C17H19BrN6O6/c18-10-7-24(15-6-13(27)14(8-25)30-15)17(28)22-16(10)21-11-5-9(1-2-12(11)26)29-4-3-20-23-19/h1-2,5,7,13-15,25-27H,3-4,6,8H2,(H,21,22,28)/t13-,14+,15+/m0/s1. The van der Waals surface area contributed by atoms with E-state index in [9.17, 15) is 20.1 Å². The van der Waals surface area contributed by atoms with Crippen molar-refractivity contribution >= 4 is 27.4 Å². The van der Waals surface area contributed by atoms with Crippen molar-refractivity contribution in [3.05, 3.63) is 49.8 Å². The van der Waals surface area contributed by atoms with Crippen molar-refractivity contribution in [2.75, 3.05) is 25.1 Å². The maximum absolute atomic E-state index is 12.5. The Balaban J connectivity index is 1.78. The van der Waals surface area contributed by atoms with Gasteiger partial charge in [-0.1, -0.05) is 5.11 Å². The Morgan fingerprint density at radius 2 is 2.30 bits per heavy atom. The van der Waals surface area contributed by atoms with Crippen LogP contribution in [0.3, 0.4) is 0 Å². The molecule has 1 saturated heterocycles. The summed E-state index contributed by atoms with van der Waals surface area (Å²) in [5, 5.41) is 35.4. The van der Waals surface area contributed by atoms with E-state index in [1.54, 1.807) is 0 Å². The summed E-state index contributed by atoms with van der Waals surface area (Å²) in [6, 6.07) is 4.45. The molecule has 3 rings (SSSR count). The number of anilines is 2. The van der Waals surface area contributed by atoms with Crippen LogP contribution in [0.15, 0.2) is 38.8 Å². The number of nitrogens with one attached hydrogen (secondary N) is 1. The lowest BCUT2D eigenvalue weighted by atomic mass is 10.2. The SMILES string of the molecule is [N-]=[N+]=NCCOc1ccc(O)c(Nc2nc(=O)n([C@H]3C[C@H](O)[C@@H](CO)O3)cc2Br)c1. The van der Waals surface area contributed by atoms with Crippen LogP contribution in [0.5, 0.6) is 11.5 Å². The van der Waals surface area contributed by atoms with Crippen LogP contribution < -0.4 is 15.7 Å². The number of aliphatic hydroxyl groups is 2. The molecule has 1 aromatic heterocycles. The lowest BCUT2D eigenvalue weighted by Gasteiger charge is -2.16. The molecule has 13 heteroatoms. The Bertz CT molecular complexity index is 1010. The highest BCUT2D eigenvalue weighted by Crippen LogP contribution is 2.33. The van der Waals surface area contributed by atoms with E-state index in [1.165, 1.54) is 29.0 Å². The number of halogens is 1. The van der Waals surface area contributed by atoms with Gasteiger partial charge in [0.05, 0.1) is 36.0 Å². The number of ether oxygens (including phenoxy) is 2. The Hall–Kier alpha value is -2.83. The number of hydrogen-bond acceptors (Lipinski definition) is 9. The summed E-state index contributed by atoms with van der Waals surface area (Å²) in [6.07, 6.45) is -0.823. The predicted octanol–water partition coefficient (Wildman–Crippen LogP) is 1.78. The second-order valence-electron chi connectivity index (χ2n) is 6.35. The Morgan fingerprint density at radius 1 is 1.50 bits per heavy atom. The Morgan fingerprint density at radius 3 is 3.00 bits per heavy atom. The van der Waals surface area contributed by atoms with E-state index in [-0.39, 0.29) is 43.4 Å². The predicted molar refractivity (Wildman–Crippen MR) is 109 cm³/mol. The molecule has 2 heterocycles. The number of aromatic nitrogens is 2. The van der Waals surface area contributed by atoms with E-state index in [2.05, 4.69) is 36.3 Å². The fraction of sp³-hybridized carbons (Fsp3) is 0.412. The first-order valence-corrected chi connectivity index (χ1v) is 9.69. The van der Waals surface area contributed by atoms with E-state index < -0.39 is 24.1 Å². The van der Waals surface area contributed by atoms with Crippen LogP contribution in [-0.4, -0.2) is 56.8 Å². The summed E-state index contributed by atoms with van der Waals surface area (Å²) in [5.74, 6) is 0.467. The molecule has 30 heavy (non-hydrogen) atoms. The van der Waals surface area contributed by atoms with E-state index in [0.29, 0.717) is 10.2 Å². The smallest absolute Gasteiger partial charge is 0.351 e. The summed E-state index contributed by atoms with van der Waals surface area (Å²) >= 11 is 3.32. The fourth-order valence-corrected chi connectivity index (χ4v) is 3.28. The van der Waals surface area contributed by atoms with Crippen molar-refractivity contribution in [2.45, 2.75) is 24.9 Å². The van der Waals surface area contributed by atoms with Crippen LogP contribution in [0.1, 0.15) is 12.6 Å². The van der Waals surface area contributed by atoms with Gasteiger partial charge in [0.2, 0.25) is 0 Å². The maximum Gasteiger partial charge on any atom is 0.351 e. The van der Waals surface area contributed by atoms with Crippen LogP contribution in [0, 0.1) is 0 Å². The third kappa shape index (κ3) is 5.01. The molecule has 1 aromatic carbocycles. The summed E-state index contributed by atoms with van der Waals surface area (Å²) in [6.45, 7) is -0.0455. The highest BCUT2D eigenvalue weighted by atomic mass is 79.9. The number of hydrogen-bond donors (Lipinski definition) is 4. The zero-order chi connectivity index (χ0) is 21.7. The van der Waals surface area contributed by atoms with Crippen molar-refractivity contribution in [2.24, 2.45) is 5.11 Å². The molecule has 160 valence electrons. The van der Waals surface area contributed by atoms with Crippen molar-refractivity contribution in [3.63, 3.8) is 0 Å². The quantitative estimate of drug-likeness (QED) is 0.144. The lowest BCUT2D eigenvalue weighted by Crippen LogP contribution is -2.28. The van der Waals surface area contributed by atoms with Crippen molar-refractivity contribution in [1.82, 2.24) is 9.55 Å². The van der Waals surface area contributed by atoms with E-state index in [4.69, 9.17) is 15.0 Å². The number of aliphatic hydroxyl groups excluding tert-OH is 2. The number of phenols is 1. The summed E-state index contributed by atoms with van der Waals surface area (Å²) in [4.78, 5) is 19.1. The van der Waals surface area contributed by atoms with Gasteiger partial charge >= 0.3 is 5.69 Å². The topological polar surface area (TPSA) is 175 Å². The lowest BCUT2D eigenvalue weighted by molar-refractivity contribution is -0.0459. The molecule has 1 fully saturated rings. The molecule has 4 N–H and O–H groups in total. The molecule has 1 aliphatic rings. The molecule has 12 nitrogen and oxygen atoms in total. The average Bonchev–Trinajstić information content (AvgIpc) is 3.10. The molecule has 0 aliphatic carbocycles. The molecule has 1 aliphatic heterocycles. The average molecular weight is 483 g/mol. The zero-order valence-electron chi connectivity index (χ0n) is 15.6. The molecular weight excluding hydrogens is 464 g/mol. The van der Waals surface area contributed by atoms with Gasteiger partial charge in [0.1, 0.15) is 23.8 Å². The molecule has 3 atom stereocenters. The van der Waals surface area contributed by atoms with E-state index in [1.807, 2.05) is 0 Å². The molecule has 0 saturated carbocycles. The number of rotatable bonds is 8. The van der Waals surface area contributed by atoms with Gasteiger partial charge in [-0.25, -0.2) is 4.79 Å². The Labute approximate surface area is 178 Å². The van der Waals surface area contributed by atoms with Crippen molar-refractivity contribution in [3.8, 4) is 11.5 Å². The number of nitrogens with zero attached hydrogens (tertiary/aromatic N) is 5. The molecule has 0 radical (unpaired) electrons. The normalized spacial score (nSPS) is 20.6. The second-order valence-corrected chi connectivity index (χ2v) is 7.20. The van der Waals surface area contributed by atoms with Gasteiger partial charge in [0, 0.05) is 23.6 Å². The summed E-state index contributed by atoms with van der Waals surface area (Å²) < 4.78 is 12.5. The minimum atomic E-state index is -0.887. The molecular formula is C17H19BrN6O6. The van der Waals surface area contributed by atoms with Gasteiger partial charge in [-0.3, -0.25) is 4.57 Å². The monoisotopic (exact) mass is 482 g/mol. The molecule has 0 amide bonds. The summed E-state index contributed by atoms with van der Waals surface area (Å²) in [7, 11) is 0. The summed E-state index contributed by atoms with van der Waals surface area (Å²) in [5.41, 5.74) is 7.88. The van der Waals surface area contributed by atoms with Gasteiger partial charge in [-0.05, 0) is 33.6 Å². The van der Waals surface area contributed by atoms with E-state index >= 15 is 0 Å². The molecule has 2 aromatic rings.